The molecule has 9 aromatic rings. The molecule has 4 heteroatoms. The highest BCUT2D eigenvalue weighted by molar-refractivity contribution is 7.26. The van der Waals surface area contributed by atoms with Gasteiger partial charge in [-0.05, 0) is 54.1 Å². The fourth-order valence-electron chi connectivity index (χ4n) is 7.15. The van der Waals surface area contributed by atoms with Crippen molar-refractivity contribution < 1.29 is 4.74 Å². The summed E-state index contributed by atoms with van der Waals surface area (Å²) in [6.07, 6.45) is 0. The molecule has 0 spiro atoms. The van der Waals surface area contributed by atoms with Crippen molar-refractivity contribution in [1.29, 1.82) is 0 Å². The zero-order valence-corrected chi connectivity index (χ0v) is 26.0. The van der Waals surface area contributed by atoms with Gasteiger partial charge in [-0.25, -0.2) is 4.98 Å². The number of nitrogens with zero attached hydrogens (tertiary/aromatic N) is 2. The fraction of sp³-hybridized carbons (Fsp3) is 0. The monoisotopic (exact) mass is 618 g/mol. The first-order valence-electron chi connectivity index (χ1n) is 15.8. The third-order valence-corrected chi connectivity index (χ3v) is 10.4. The molecule has 0 atom stereocenters. The number of thiophene rings is 1. The molecule has 220 valence electrons. The summed E-state index contributed by atoms with van der Waals surface area (Å²) in [5, 5.41) is 6.22. The molecular formula is C43H26N2OS. The standard InChI is InChI=1S/C43H26N2OS/c1-2-11-28(12-3-1)42-33-25-26-39-41(31-13-4-9-20-38(31)47-39)40(33)32-15-10-14-30(43(32)44-42)27-21-23-29(24-22-27)45-34-16-5-7-18-36(34)46-37-19-8-6-17-35(37)45/h1-26H. The van der Waals surface area contributed by atoms with Crippen molar-refractivity contribution in [2.24, 2.45) is 0 Å². The van der Waals surface area contributed by atoms with E-state index < -0.39 is 0 Å². The van der Waals surface area contributed by atoms with Gasteiger partial charge in [-0.15, -0.1) is 11.3 Å². The van der Waals surface area contributed by atoms with E-state index in [0.29, 0.717) is 0 Å². The molecule has 0 unspecified atom stereocenters. The van der Waals surface area contributed by atoms with Crippen LogP contribution in [-0.2, 0) is 0 Å². The Hall–Kier alpha value is -5.97. The van der Waals surface area contributed by atoms with Gasteiger partial charge in [0, 0.05) is 53.1 Å². The second-order valence-electron chi connectivity index (χ2n) is 11.9. The van der Waals surface area contributed by atoms with Gasteiger partial charge in [-0.1, -0.05) is 109 Å². The minimum Gasteiger partial charge on any atom is -0.453 e. The van der Waals surface area contributed by atoms with E-state index in [1.165, 1.54) is 36.3 Å². The van der Waals surface area contributed by atoms with E-state index in [9.17, 15) is 0 Å². The minimum absolute atomic E-state index is 0.848. The number of rotatable bonds is 3. The summed E-state index contributed by atoms with van der Waals surface area (Å²) in [6, 6.07) is 55.8. The summed E-state index contributed by atoms with van der Waals surface area (Å²) in [7, 11) is 0. The Morgan fingerprint density at radius 1 is 0.468 bits per heavy atom. The lowest BCUT2D eigenvalue weighted by Crippen LogP contribution is -2.15. The second-order valence-corrected chi connectivity index (χ2v) is 13.0. The molecule has 0 amide bonds. The van der Waals surface area contributed by atoms with Crippen molar-refractivity contribution in [3.63, 3.8) is 0 Å². The Bertz CT molecular complexity index is 2610. The van der Waals surface area contributed by atoms with Crippen LogP contribution < -0.4 is 9.64 Å². The number of pyridine rings is 1. The maximum atomic E-state index is 6.26. The van der Waals surface area contributed by atoms with Crippen LogP contribution in [0.4, 0.5) is 17.1 Å². The minimum atomic E-state index is 0.848. The number of fused-ring (bicyclic) bond motifs is 9. The fourth-order valence-corrected chi connectivity index (χ4v) is 8.27. The van der Waals surface area contributed by atoms with Gasteiger partial charge in [0.05, 0.1) is 22.6 Å². The molecule has 0 bridgehead atoms. The number of anilines is 3. The molecule has 10 rings (SSSR count). The zero-order chi connectivity index (χ0) is 30.9. The van der Waals surface area contributed by atoms with Crippen LogP contribution in [0.3, 0.4) is 0 Å². The van der Waals surface area contributed by atoms with Gasteiger partial charge in [-0.3, -0.25) is 0 Å². The smallest absolute Gasteiger partial charge is 0.151 e. The highest BCUT2D eigenvalue weighted by atomic mass is 32.1. The summed E-state index contributed by atoms with van der Waals surface area (Å²) in [5.41, 5.74) is 8.51. The van der Waals surface area contributed by atoms with E-state index in [-0.39, 0.29) is 0 Å². The van der Waals surface area contributed by atoms with E-state index in [0.717, 1.165) is 56.5 Å². The van der Waals surface area contributed by atoms with Crippen molar-refractivity contribution in [1.82, 2.24) is 4.98 Å². The second kappa shape index (κ2) is 10.3. The molecule has 3 heterocycles. The van der Waals surface area contributed by atoms with Gasteiger partial charge in [0.1, 0.15) is 0 Å². The largest absolute Gasteiger partial charge is 0.453 e. The van der Waals surface area contributed by atoms with E-state index >= 15 is 0 Å². The van der Waals surface area contributed by atoms with Crippen molar-refractivity contribution in [2.75, 3.05) is 4.90 Å². The summed E-state index contributed by atoms with van der Waals surface area (Å²) < 4.78 is 8.86. The van der Waals surface area contributed by atoms with Crippen LogP contribution in [-0.4, -0.2) is 4.98 Å². The van der Waals surface area contributed by atoms with Gasteiger partial charge in [0.15, 0.2) is 11.5 Å². The summed E-state index contributed by atoms with van der Waals surface area (Å²) in [4.78, 5) is 7.75. The van der Waals surface area contributed by atoms with Crippen molar-refractivity contribution in [3.05, 3.63) is 158 Å². The van der Waals surface area contributed by atoms with Gasteiger partial charge < -0.3 is 9.64 Å². The number of hydrogen-bond acceptors (Lipinski definition) is 4. The third kappa shape index (κ3) is 4.02. The lowest BCUT2D eigenvalue weighted by molar-refractivity contribution is 0.477. The van der Waals surface area contributed by atoms with E-state index in [4.69, 9.17) is 9.72 Å². The number of hydrogen-bond donors (Lipinski definition) is 0. The molecule has 7 aromatic carbocycles. The van der Waals surface area contributed by atoms with Crippen LogP contribution in [0.2, 0.25) is 0 Å². The molecule has 0 fully saturated rings. The SMILES string of the molecule is c1ccc(-c2nc3c(-c4ccc(N5c6ccccc6Oc6ccccc65)cc4)cccc3c3c2ccc2sc4ccccc4c23)cc1. The van der Waals surface area contributed by atoms with Crippen LogP contribution in [0.5, 0.6) is 11.5 Å². The highest BCUT2D eigenvalue weighted by Gasteiger charge is 2.25. The predicted octanol–water partition coefficient (Wildman–Crippen LogP) is 12.7. The van der Waals surface area contributed by atoms with E-state index in [2.05, 4.69) is 138 Å². The summed E-state index contributed by atoms with van der Waals surface area (Å²) in [5.74, 6) is 1.70. The first kappa shape index (κ1) is 26.3. The number of ether oxygens (including phenoxy) is 1. The Balaban J connectivity index is 1.21. The van der Waals surface area contributed by atoms with Gasteiger partial charge in [0.2, 0.25) is 0 Å². The van der Waals surface area contributed by atoms with Crippen LogP contribution in [0, 0.1) is 0 Å². The normalized spacial score (nSPS) is 12.4. The third-order valence-electron chi connectivity index (χ3n) is 9.24. The average Bonchev–Trinajstić information content (AvgIpc) is 3.53. The van der Waals surface area contributed by atoms with E-state index in [1.807, 2.05) is 35.6 Å². The Morgan fingerprint density at radius 2 is 1.15 bits per heavy atom. The van der Waals surface area contributed by atoms with Gasteiger partial charge >= 0.3 is 0 Å². The molecule has 0 aliphatic carbocycles. The van der Waals surface area contributed by atoms with Crippen molar-refractivity contribution in [2.45, 2.75) is 0 Å². The van der Waals surface area contributed by atoms with Gasteiger partial charge in [0.25, 0.3) is 0 Å². The number of para-hydroxylation sites is 5. The maximum absolute atomic E-state index is 6.26. The lowest BCUT2D eigenvalue weighted by atomic mass is 9.93. The quantitative estimate of drug-likeness (QED) is 0.184. The molecule has 0 saturated carbocycles. The molecule has 1 aliphatic heterocycles. The molecule has 0 radical (unpaired) electrons. The average molecular weight is 619 g/mol. The van der Waals surface area contributed by atoms with Crippen LogP contribution >= 0.6 is 11.3 Å². The van der Waals surface area contributed by atoms with Crippen molar-refractivity contribution >= 4 is 70.2 Å². The number of benzene rings is 7. The number of aromatic nitrogens is 1. The molecule has 3 nitrogen and oxygen atoms in total. The maximum Gasteiger partial charge on any atom is 0.151 e. The molecular weight excluding hydrogens is 593 g/mol. The molecule has 0 N–H and O–H groups in total. The summed E-state index contributed by atoms with van der Waals surface area (Å²) >= 11 is 1.86. The predicted molar refractivity (Wildman–Crippen MR) is 198 cm³/mol. The molecule has 1 aliphatic rings. The van der Waals surface area contributed by atoms with Crippen molar-refractivity contribution in [3.8, 4) is 33.9 Å². The van der Waals surface area contributed by atoms with Gasteiger partial charge in [-0.2, -0.15) is 0 Å². The Labute approximate surface area is 275 Å². The zero-order valence-electron chi connectivity index (χ0n) is 25.2. The van der Waals surface area contributed by atoms with E-state index in [1.54, 1.807) is 0 Å². The molecule has 0 saturated heterocycles. The first-order valence-corrected chi connectivity index (χ1v) is 16.6. The van der Waals surface area contributed by atoms with Crippen LogP contribution in [0.25, 0.3) is 64.2 Å². The Kier molecular flexibility index (Phi) is 5.74. The van der Waals surface area contributed by atoms with Crippen LogP contribution in [0.1, 0.15) is 0 Å². The van der Waals surface area contributed by atoms with Crippen LogP contribution in [0.15, 0.2) is 158 Å². The molecule has 47 heavy (non-hydrogen) atoms. The first-order chi connectivity index (χ1) is 23.3. The summed E-state index contributed by atoms with van der Waals surface area (Å²) in [6.45, 7) is 0. The lowest BCUT2D eigenvalue weighted by Gasteiger charge is -2.32. The Morgan fingerprint density at radius 3 is 1.94 bits per heavy atom. The topological polar surface area (TPSA) is 25.4 Å². The molecule has 2 aromatic heterocycles. The highest BCUT2D eigenvalue weighted by Crippen LogP contribution is 2.50.